The number of likely N-dealkylation sites (tertiary alicyclic amines) is 1. The number of phenolic OH excluding ortho intramolecular Hbond substituents is 1. The predicted octanol–water partition coefficient (Wildman–Crippen LogP) is 3.34. The third-order valence-electron chi connectivity index (χ3n) is 5.00. The summed E-state index contributed by atoms with van der Waals surface area (Å²) in [5.41, 5.74) is 0.703. The van der Waals surface area contributed by atoms with Gasteiger partial charge in [0, 0.05) is 12.1 Å². The van der Waals surface area contributed by atoms with Crippen molar-refractivity contribution in [2.75, 3.05) is 13.2 Å². The van der Waals surface area contributed by atoms with E-state index in [0.29, 0.717) is 30.2 Å². The van der Waals surface area contributed by atoms with Crippen molar-refractivity contribution in [3.05, 3.63) is 59.2 Å². The Bertz CT molecular complexity index is 906. The number of benzene rings is 2. The molecule has 0 spiro atoms. The number of hydrogen-bond donors (Lipinski definition) is 1. The van der Waals surface area contributed by atoms with E-state index in [9.17, 15) is 19.5 Å². The van der Waals surface area contributed by atoms with Gasteiger partial charge >= 0.3 is 0 Å². The average Bonchev–Trinajstić information content (AvgIpc) is 3.00. The van der Waals surface area contributed by atoms with Crippen LogP contribution in [0.25, 0.3) is 0 Å². The highest BCUT2D eigenvalue weighted by atomic mass is 16.5. The summed E-state index contributed by atoms with van der Waals surface area (Å²) in [6, 6.07) is 11.1. The normalized spacial score (nSPS) is 17.9. The molecule has 1 amide bonds. The molecule has 0 aromatic heterocycles. The van der Waals surface area contributed by atoms with E-state index in [2.05, 4.69) is 13.8 Å². The molecule has 0 saturated carbocycles. The number of nitrogens with zero attached hydrogens (tertiary/aromatic N) is 1. The molecule has 1 N–H and O–H groups in total. The average molecular weight is 381 g/mol. The van der Waals surface area contributed by atoms with Gasteiger partial charge in [0.15, 0.2) is 12.6 Å². The van der Waals surface area contributed by atoms with E-state index >= 15 is 0 Å². The maximum Gasteiger partial charge on any atom is 0.254 e. The summed E-state index contributed by atoms with van der Waals surface area (Å²) in [5, 5.41) is 9.80. The fourth-order valence-corrected chi connectivity index (χ4v) is 3.70. The number of rotatable bonds is 6. The van der Waals surface area contributed by atoms with Crippen LogP contribution >= 0.6 is 0 Å². The van der Waals surface area contributed by atoms with Gasteiger partial charge in [-0.1, -0.05) is 38.1 Å². The second kappa shape index (κ2) is 7.84. The van der Waals surface area contributed by atoms with Crippen LogP contribution in [0.1, 0.15) is 51.3 Å². The number of carbonyl (C=O) groups excluding carboxylic acids is 3. The van der Waals surface area contributed by atoms with Gasteiger partial charge in [-0.25, -0.2) is 0 Å². The van der Waals surface area contributed by atoms with Crippen LogP contribution in [-0.4, -0.2) is 47.7 Å². The van der Waals surface area contributed by atoms with Crippen molar-refractivity contribution in [3.8, 4) is 11.5 Å². The maximum atomic E-state index is 13.1. The summed E-state index contributed by atoms with van der Waals surface area (Å²) in [6.45, 7) is 4.87. The van der Waals surface area contributed by atoms with E-state index in [1.54, 1.807) is 41.3 Å². The standard InChI is InChI=1S/C22H23NO5/c1-22(2)10-16(13-28-20-9-5-8-19(26)18(20)12-25)23(14-22)21(27)17-7-4-3-6-15(17)11-24/h3-9,11-12,16,26H,10,13-14H2,1-2H3. The van der Waals surface area contributed by atoms with Crippen LogP contribution in [0.15, 0.2) is 42.5 Å². The zero-order valence-corrected chi connectivity index (χ0v) is 15.9. The Morgan fingerprint density at radius 1 is 1.18 bits per heavy atom. The Labute approximate surface area is 163 Å². The molecule has 1 unspecified atom stereocenters. The molecule has 1 fully saturated rings. The molecule has 6 heteroatoms. The van der Waals surface area contributed by atoms with E-state index < -0.39 is 0 Å². The van der Waals surface area contributed by atoms with Crippen molar-refractivity contribution in [2.24, 2.45) is 5.41 Å². The Hall–Kier alpha value is -3.15. The third-order valence-corrected chi connectivity index (χ3v) is 5.00. The van der Waals surface area contributed by atoms with Gasteiger partial charge in [0.25, 0.3) is 5.91 Å². The molecule has 1 saturated heterocycles. The third kappa shape index (κ3) is 3.91. The largest absolute Gasteiger partial charge is 0.507 e. The molecular weight excluding hydrogens is 358 g/mol. The lowest BCUT2D eigenvalue weighted by Crippen LogP contribution is -2.39. The van der Waals surface area contributed by atoms with E-state index in [0.717, 1.165) is 6.42 Å². The van der Waals surface area contributed by atoms with Gasteiger partial charge < -0.3 is 14.7 Å². The van der Waals surface area contributed by atoms with Crippen LogP contribution in [0.2, 0.25) is 0 Å². The molecule has 2 aromatic rings. The Kier molecular flexibility index (Phi) is 5.49. The monoisotopic (exact) mass is 381 g/mol. The van der Waals surface area contributed by atoms with Gasteiger partial charge in [0.05, 0.1) is 17.2 Å². The van der Waals surface area contributed by atoms with E-state index in [1.165, 1.54) is 6.07 Å². The smallest absolute Gasteiger partial charge is 0.254 e. The highest BCUT2D eigenvalue weighted by molar-refractivity contribution is 6.01. The van der Waals surface area contributed by atoms with Gasteiger partial charge in [0.1, 0.15) is 18.1 Å². The zero-order valence-electron chi connectivity index (χ0n) is 15.9. The lowest BCUT2D eigenvalue weighted by molar-refractivity contribution is 0.0680. The molecule has 1 heterocycles. The molecule has 146 valence electrons. The van der Waals surface area contributed by atoms with Crippen LogP contribution < -0.4 is 4.74 Å². The molecule has 0 radical (unpaired) electrons. The fourth-order valence-electron chi connectivity index (χ4n) is 3.70. The summed E-state index contributed by atoms with van der Waals surface area (Å²) in [4.78, 5) is 37.4. The lowest BCUT2D eigenvalue weighted by Gasteiger charge is -2.26. The summed E-state index contributed by atoms with van der Waals surface area (Å²) in [5.74, 6) is -0.0825. The van der Waals surface area contributed by atoms with Crippen molar-refractivity contribution in [3.63, 3.8) is 0 Å². The SMILES string of the molecule is CC1(C)CC(COc2cccc(O)c2C=O)N(C(=O)c2ccccc2C=O)C1. The molecular formula is C22H23NO5. The minimum absolute atomic E-state index is 0.0870. The number of carbonyl (C=O) groups is 3. The van der Waals surface area contributed by atoms with Gasteiger partial charge in [-0.3, -0.25) is 14.4 Å². The molecule has 3 rings (SSSR count). The van der Waals surface area contributed by atoms with Crippen molar-refractivity contribution in [1.82, 2.24) is 4.90 Å². The van der Waals surface area contributed by atoms with Crippen LogP contribution in [0.5, 0.6) is 11.5 Å². The first-order valence-corrected chi connectivity index (χ1v) is 9.11. The Morgan fingerprint density at radius 2 is 1.93 bits per heavy atom. The molecule has 1 aliphatic heterocycles. The van der Waals surface area contributed by atoms with Crippen LogP contribution in [-0.2, 0) is 0 Å². The van der Waals surface area contributed by atoms with Gasteiger partial charge in [0.2, 0.25) is 0 Å². The molecule has 28 heavy (non-hydrogen) atoms. The van der Waals surface area contributed by atoms with Gasteiger partial charge in [-0.05, 0) is 30.0 Å². The minimum atomic E-state index is -0.218. The number of aldehydes is 2. The predicted molar refractivity (Wildman–Crippen MR) is 104 cm³/mol. The quantitative estimate of drug-likeness (QED) is 0.776. The van der Waals surface area contributed by atoms with E-state index in [-0.39, 0.29) is 41.0 Å². The van der Waals surface area contributed by atoms with E-state index in [1.807, 2.05) is 0 Å². The minimum Gasteiger partial charge on any atom is -0.507 e. The number of phenols is 1. The molecule has 2 aromatic carbocycles. The molecule has 0 bridgehead atoms. The van der Waals surface area contributed by atoms with E-state index in [4.69, 9.17) is 4.74 Å². The molecule has 1 aliphatic rings. The number of amides is 1. The zero-order chi connectivity index (χ0) is 20.3. The summed E-state index contributed by atoms with van der Waals surface area (Å²) in [7, 11) is 0. The van der Waals surface area contributed by atoms with Crippen molar-refractivity contribution >= 4 is 18.5 Å². The summed E-state index contributed by atoms with van der Waals surface area (Å²) >= 11 is 0. The highest BCUT2D eigenvalue weighted by Gasteiger charge is 2.41. The van der Waals surface area contributed by atoms with Crippen molar-refractivity contribution in [1.29, 1.82) is 0 Å². The first kappa shape index (κ1) is 19.6. The first-order valence-electron chi connectivity index (χ1n) is 9.11. The highest BCUT2D eigenvalue weighted by Crippen LogP contribution is 2.36. The number of aromatic hydroxyl groups is 1. The van der Waals surface area contributed by atoms with Crippen LogP contribution in [0.4, 0.5) is 0 Å². The second-order valence-electron chi connectivity index (χ2n) is 7.78. The molecule has 0 aliphatic carbocycles. The summed E-state index contributed by atoms with van der Waals surface area (Å²) in [6.07, 6.45) is 1.95. The van der Waals surface area contributed by atoms with Gasteiger partial charge in [-0.2, -0.15) is 0 Å². The van der Waals surface area contributed by atoms with Crippen molar-refractivity contribution < 1.29 is 24.2 Å². The van der Waals surface area contributed by atoms with Gasteiger partial charge in [-0.15, -0.1) is 0 Å². The fraction of sp³-hybridized carbons (Fsp3) is 0.318. The summed E-state index contributed by atoms with van der Waals surface area (Å²) < 4.78 is 5.80. The number of hydrogen-bond acceptors (Lipinski definition) is 5. The second-order valence-corrected chi connectivity index (χ2v) is 7.78. The van der Waals surface area contributed by atoms with Crippen LogP contribution in [0, 0.1) is 5.41 Å². The van der Waals surface area contributed by atoms with Crippen LogP contribution in [0.3, 0.4) is 0 Å². The van der Waals surface area contributed by atoms with Crippen molar-refractivity contribution in [2.45, 2.75) is 26.3 Å². The Balaban J connectivity index is 1.83. The molecule has 6 nitrogen and oxygen atoms in total. The Morgan fingerprint density at radius 3 is 2.64 bits per heavy atom. The topological polar surface area (TPSA) is 83.9 Å². The maximum absolute atomic E-state index is 13.1. The molecule has 1 atom stereocenters. The lowest BCUT2D eigenvalue weighted by atomic mass is 9.91. The first-order chi connectivity index (χ1) is 13.4. The number of ether oxygens (including phenoxy) is 1.